The van der Waals surface area contributed by atoms with Crippen LogP contribution in [0.2, 0.25) is 5.02 Å². The van der Waals surface area contributed by atoms with Crippen molar-refractivity contribution < 1.29 is 28.7 Å². The molecule has 0 spiro atoms. The summed E-state index contributed by atoms with van der Waals surface area (Å²) in [5, 5.41) is 9.30. The number of nitrogens with zero attached hydrogens (tertiary/aromatic N) is 2. The summed E-state index contributed by atoms with van der Waals surface area (Å²) < 4.78 is 5.25. The number of carboxylic acids is 1. The Balaban J connectivity index is 1.85. The van der Waals surface area contributed by atoms with E-state index in [0.717, 1.165) is 4.90 Å². The van der Waals surface area contributed by atoms with Crippen molar-refractivity contribution in [3.63, 3.8) is 0 Å². The highest BCUT2D eigenvalue weighted by Crippen LogP contribution is 2.28. The Morgan fingerprint density at radius 1 is 1.18 bits per heavy atom. The van der Waals surface area contributed by atoms with E-state index in [1.807, 2.05) is 0 Å². The first-order valence-electron chi connectivity index (χ1n) is 8.53. The maximum absolute atomic E-state index is 12.9. The average Bonchev–Trinajstić information content (AvgIpc) is 3.26. The number of carbonyl (C=O) groups is 4. The standard InChI is InChI=1S/C19H17ClN2O6/c20-12-3-5-13(6-4-12)22-17(24)10-15(19(22)27)21(11-14-2-1-9-28-14)16(23)7-8-18(25)26/h1-6,9,15H,7-8,10-11H2,(H,25,26). The summed E-state index contributed by atoms with van der Waals surface area (Å²) in [7, 11) is 0. The lowest BCUT2D eigenvalue weighted by Gasteiger charge is -2.26. The Bertz CT molecular complexity index is 894. The van der Waals surface area contributed by atoms with Crippen LogP contribution in [0, 0.1) is 0 Å². The lowest BCUT2D eigenvalue weighted by Crippen LogP contribution is -2.45. The van der Waals surface area contributed by atoms with Gasteiger partial charge in [-0.05, 0) is 36.4 Å². The number of rotatable bonds is 7. The molecule has 1 aromatic heterocycles. The van der Waals surface area contributed by atoms with Crippen LogP contribution in [0.25, 0.3) is 0 Å². The van der Waals surface area contributed by atoms with Crippen LogP contribution in [0.1, 0.15) is 25.0 Å². The SMILES string of the molecule is O=C(O)CCC(=O)N(Cc1ccco1)C1CC(=O)N(c2ccc(Cl)cc2)C1=O. The second-order valence-corrected chi connectivity index (χ2v) is 6.69. The number of halogens is 1. The van der Waals surface area contributed by atoms with Crippen LogP contribution in [0.4, 0.5) is 5.69 Å². The number of carbonyl (C=O) groups excluding carboxylic acids is 3. The summed E-state index contributed by atoms with van der Waals surface area (Å²) in [6.45, 7) is -0.0381. The molecule has 1 atom stereocenters. The molecule has 1 aliphatic rings. The number of aliphatic carboxylic acids is 1. The third-order valence-electron chi connectivity index (χ3n) is 4.36. The van der Waals surface area contributed by atoms with Gasteiger partial charge in [0.2, 0.25) is 11.8 Å². The zero-order valence-corrected chi connectivity index (χ0v) is 15.5. The molecular weight excluding hydrogens is 388 g/mol. The molecule has 1 aliphatic heterocycles. The van der Waals surface area contributed by atoms with Gasteiger partial charge in [0.15, 0.2) is 0 Å². The summed E-state index contributed by atoms with van der Waals surface area (Å²) >= 11 is 5.85. The summed E-state index contributed by atoms with van der Waals surface area (Å²) in [5.41, 5.74) is 0.359. The fourth-order valence-electron chi connectivity index (χ4n) is 3.02. The van der Waals surface area contributed by atoms with Crippen LogP contribution >= 0.6 is 11.6 Å². The van der Waals surface area contributed by atoms with Gasteiger partial charge in [-0.2, -0.15) is 0 Å². The zero-order chi connectivity index (χ0) is 20.3. The molecule has 2 heterocycles. The first-order valence-corrected chi connectivity index (χ1v) is 8.90. The molecule has 0 bridgehead atoms. The van der Waals surface area contributed by atoms with E-state index < -0.39 is 29.7 Å². The number of imide groups is 1. The normalized spacial score (nSPS) is 16.5. The maximum atomic E-state index is 12.9. The molecule has 28 heavy (non-hydrogen) atoms. The van der Waals surface area contributed by atoms with Crippen molar-refractivity contribution >= 4 is 41.0 Å². The van der Waals surface area contributed by atoms with E-state index in [1.54, 1.807) is 36.4 Å². The molecule has 1 saturated heterocycles. The van der Waals surface area contributed by atoms with Crippen molar-refractivity contribution in [1.82, 2.24) is 4.90 Å². The minimum atomic E-state index is -1.12. The molecule has 3 rings (SSSR count). The maximum Gasteiger partial charge on any atom is 0.303 e. The Hall–Kier alpha value is -3.13. The van der Waals surface area contributed by atoms with Crippen LogP contribution in [0.5, 0.6) is 0 Å². The van der Waals surface area contributed by atoms with Crippen LogP contribution in [-0.2, 0) is 25.7 Å². The second-order valence-electron chi connectivity index (χ2n) is 6.26. The van der Waals surface area contributed by atoms with Crippen molar-refractivity contribution in [3.05, 3.63) is 53.4 Å². The molecule has 1 aromatic carbocycles. The Morgan fingerprint density at radius 3 is 2.50 bits per heavy atom. The van der Waals surface area contributed by atoms with Crippen molar-refractivity contribution in [2.24, 2.45) is 0 Å². The van der Waals surface area contributed by atoms with Crippen molar-refractivity contribution in [3.8, 4) is 0 Å². The predicted octanol–water partition coefficient (Wildman–Crippen LogP) is 2.46. The monoisotopic (exact) mass is 404 g/mol. The van der Waals surface area contributed by atoms with Crippen LogP contribution in [0.3, 0.4) is 0 Å². The van der Waals surface area contributed by atoms with E-state index in [-0.39, 0.29) is 25.8 Å². The van der Waals surface area contributed by atoms with Gasteiger partial charge in [0, 0.05) is 11.4 Å². The summed E-state index contributed by atoms with van der Waals surface area (Å²) in [4.78, 5) is 51.1. The lowest BCUT2D eigenvalue weighted by molar-refractivity contribution is -0.143. The molecule has 8 nitrogen and oxygen atoms in total. The number of amides is 3. The Morgan fingerprint density at radius 2 is 1.89 bits per heavy atom. The Labute approximate surface area is 165 Å². The van der Waals surface area contributed by atoms with Crippen molar-refractivity contribution in [2.75, 3.05) is 4.90 Å². The number of hydrogen-bond donors (Lipinski definition) is 1. The van der Waals surface area contributed by atoms with Gasteiger partial charge in [0.05, 0.1) is 31.3 Å². The van der Waals surface area contributed by atoms with E-state index in [0.29, 0.717) is 16.5 Å². The highest BCUT2D eigenvalue weighted by atomic mass is 35.5. The minimum absolute atomic E-state index is 0.0381. The predicted molar refractivity (Wildman–Crippen MR) is 98.5 cm³/mol. The molecule has 0 radical (unpaired) electrons. The number of furan rings is 1. The molecule has 2 aromatic rings. The molecule has 9 heteroatoms. The van der Waals surface area contributed by atoms with Gasteiger partial charge in [-0.25, -0.2) is 4.90 Å². The minimum Gasteiger partial charge on any atom is -0.481 e. The third-order valence-corrected chi connectivity index (χ3v) is 4.62. The largest absolute Gasteiger partial charge is 0.481 e. The van der Waals surface area contributed by atoms with Gasteiger partial charge in [0.1, 0.15) is 11.8 Å². The summed E-state index contributed by atoms with van der Waals surface area (Å²) in [6.07, 6.45) is 0.579. The van der Waals surface area contributed by atoms with Crippen LogP contribution in [0.15, 0.2) is 47.1 Å². The van der Waals surface area contributed by atoms with Gasteiger partial charge in [-0.3, -0.25) is 19.2 Å². The summed E-state index contributed by atoms with van der Waals surface area (Å²) in [6, 6.07) is 8.45. The molecule has 146 valence electrons. The second kappa shape index (κ2) is 8.26. The molecular formula is C19H17ClN2O6. The van der Waals surface area contributed by atoms with E-state index in [9.17, 15) is 19.2 Å². The van der Waals surface area contributed by atoms with Gasteiger partial charge in [-0.15, -0.1) is 0 Å². The fraction of sp³-hybridized carbons (Fsp3) is 0.263. The lowest BCUT2D eigenvalue weighted by atomic mass is 10.1. The van der Waals surface area contributed by atoms with Gasteiger partial charge < -0.3 is 14.4 Å². The number of benzene rings is 1. The van der Waals surface area contributed by atoms with Gasteiger partial charge in [-0.1, -0.05) is 11.6 Å². The molecule has 3 amide bonds. The van der Waals surface area contributed by atoms with E-state index in [1.165, 1.54) is 11.2 Å². The molecule has 0 saturated carbocycles. The zero-order valence-electron chi connectivity index (χ0n) is 14.7. The smallest absolute Gasteiger partial charge is 0.303 e. The molecule has 0 aliphatic carbocycles. The van der Waals surface area contributed by atoms with Crippen molar-refractivity contribution in [2.45, 2.75) is 31.8 Å². The number of hydrogen-bond acceptors (Lipinski definition) is 5. The van der Waals surface area contributed by atoms with E-state index in [2.05, 4.69) is 0 Å². The third kappa shape index (κ3) is 4.23. The van der Waals surface area contributed by atoms with Gasteiger partial charge >= 0.3 is 5.97 Å². The van der Waals surface area contributed by atoms with E-state index in [4.69, 9.17) is 21.1 Å². The fourth-order valence-corrected chi connectivity index (χ4v) is 3.15. The average molecular weight is 405 g/mol. The summed E-state index contributed by atoms with van der Waals surface area (Å²) in [5.74, 6) is -2.24. The molecule has 1 N–H and O–H groups in total. The van der Waals surface area contributed by atoms with E-state index >= 15 is 0 Å². The van der Waals surface area contributed by atoms with Crippen LogP contribution < -0.4 is 4.90 Å². The first kappa shape index (κ1) is 19.6. The highest BCUT2D eigenvalue weighted by Gasteiger charge is 2.44. The van der Waals surface area contributed by atoms with Crippen molar-refractivity contribution in [1.29, 1.82) is 0 Å². The quantitative estimate of drug-likeness (QED) is 0.710. The first-order chi connectivity index (χ1) is 13.4. The Kier molecular flexibility index (Phi) is 5.79. The number of carboxylic acid groups (broad SMARTS) is 1. The number of anilines is 1. The molecule has 1 unspecified atom stereocenters. The highest BCUT2D eigenvalue weighted by molar-refractivity contribution is 6.30. The van der Waals surface area contributed by atoms with Crippen LogP contribution in [-0.4, -0.2) is 39.7 Å². The molecule has 1 fully saturated rings. The van der Waals surface area contributed by atoms with Gasteiger partial charge in [0.25, 0.3) is 5.91 Å². The topological polar surface area (TPSA) is 108 Å².